The van der Waals surface area contributed by atoms with Gasteiger partial charge in [0.15, 0.2) is 0 Å². The van der Waals surface area contributed by atoms with Gasteiger partial charge < -0.3 is 9.80 Å². The molecule has 0 amide bonds. The molecule has 10 aromatic rings. The van der Waals surface area contributed by atoms with Crippen LogP contribution in [0.4, 0.5) is 34.1 Å². The largest absolute Gasteiger partial charge is 0.310 e. The molecule has 0 unspecified atom stereocenters. The van der Waals surface area contributed by atoms with Crippen LogP contribution < -0.4 is 9.80 Å². The summed E-state index contributed by atoms with van der Waals surface area (Å²) in [5.41, 5.74) is 20.9. The van der Waals surface area contributed by atoms with Gasteiger partial charge in [0.05, 0.1) is 22.5 Å². The van der Waals surface area contributed by atoms with Crippen molar-refractivity contribution in [1.29, 1.82) is 0 Å². The van der Waals surface area contributed by atoms with Crippen LogP contribution in [0.25, 0.3) is 44.5 Å². The molecule has 0 saturated heterocycles. The molecule has 0 saturated carbocycles. The lowest BCUT2D eigenvalue weighted by atomic mass is 9.64. The Bertz CT molecular complexity index is 3220. The minimum Gasteiger partial charge on any atom is -0.310 e. The van der Waals surface area contributed by atoms with Crippen LogP contribution in [-0.4, -0.2) is 0 Å². The maximum Gasteiger partial charge on any atom is 0.0755 e. The molecular weight excluding hydrogens is 761 g/mol. The highest BCUT2D eigenvalue weighted by molar-refractivity contribution is 5.98. The molecule has 2 nitrogen and oxygen atoms in total. The van der Waals surface area contributed by atoms with Gasteiger partial charge in [-0.2, -0.15) is 0 Å². The van der Waals surface area contributed by atoms with Crippen LogP contribution in [0.5, 0.6) is 0 Å². The molecule has 63 heavy (non-hydrogen) atoms. The van der Waals surface area contributed by atoms with E-state index < -0.39 is 5.41 Å². The first-order valence-electron chi connectivity index (χ1n) is 21.8. The quantitative estimate of drug-likeness (QED) is 0.158. The number of hydrogen-bond donors (Lipinski definition) is 0. The summed E-state index contributed by atoms with van der Waals surface area (Å²) >= 11 is 0. The van der Waals surface area contributed by atoms with Crippen molar-refractivity contribution in [3.05, 3.63) is 277 Å². The van der Waals surface area contributed by atoms with Crippen molar-refractivity contribution in [2.45, 2.75) is 5.41 Å². The van der Waals surface area contributed by atoms with E-state index in [-0.39, 0.29) is 0 Å². The third-order valence-electron chi connectivity index (χ3n) is 13.1. The number of rotatable bonds is 7. The van der Waals surface area contributed by atoms with E-state index in [1.807, 2.05) is 0 Å². The summed E-state index contributed by atoms with van der Waals surface area (Å²) in [6.45, 7) is 0. The lowest BCUT2D eigenvalue weighted by Crippen LogP contribution is -2.36. The Morgan fingerprint density at radius 3 is 1.37 bits per heavy atom. The van der Waals surface area contributed by atoms with Crippen molar-refractivity contribution in [3.63, 3.8) is 0 Å². The summed E-state index contributed by atoms with van der Waals surface area (Å²) in [5, 5.41) is 0. The summed E-state index contributed by atoms with van der Waals surface area (Å²) < 4.78 is 0. The van der Waals surface area contributed by atoms with E-state index in [1.54, 1.807) is 0 Å². The zero-order valence-electron chi connectivity index (χ0n) is 34.6. The fraction of sp³-hybridized carbons (Fsp3) is 0.0164. The third kappa shape index (κ3) is 5.87. The van der Waals surface area contributed by atoms with Crippen LogP contribution in [0.15, 0.2) is 255 Å². The van der Waals surface area contributed by atoms with Crippen LogP contribution in [-0.2, 0) is 5.41 Å². The number of hydrogen-bond acceptors (Lipinski definition) is 2. The molecule has 1 aliphatic heterocycles. The van der Waals surface area contributed by atoms with Gasteiger partial charge in [-0.3, -0.25) is 0 Å². The van der Waals surface area contributed by atoms with Crippen molar-refractivity contribution in [3.8, 4) is 44.5 Å². The minimum absolute atomic E-state index is 0.586. The number of para-hydroxylation sites is 3. The van der Waals surface area contributed by atoms with Gasteiger partial charge in [0.1, 0.15) is 0 Å². The highest BCUT2D eigenvalue weighted by Crippen LogP contribution is 2.64. The number of nitrogens with zero attached hydrogens (tertiary/aromatic N) is 2. The predicted octanol–water partition coefficient (Wildman–Crippen LogP) is 16.3. The number of anilines is 6. The average Bonchev–Trinajstić information content (AvgIpc) is 3.65. The molecule has 12 rings (SSSR count). The zero-order chi connectivity index (χ0) is 41.7. The van der Waals surface area contributed by atoms with E-state index in [2.05, 4.69) is 265 Å². The van der Waals surface area contributed by atoms with Crippen molar-refractivity contribution in [2.75, 3.05) is 9.80 Å². The standard InChI is InChI=1S/C61H42N2/c1-5-19-43(20-6-1)45-33-36-49(37-34-45)62(60-41-47(44-21-7-2-8-22-44)35-39-51(60)46-23-9-3-10-24-46)50-38-40-53-52-27-13-14-28-54(52)61(57(53)42-50)55-29-15-17-31-58(55)63(48-25-11-4-12-26-48)59-32-18-16-30-56(59)61/h1-42H. The Kier molecular flexibility index (Phi) is 8.76. The summed E-state index contributed by atoms with van der Waals surface area (Å²) in [6.07, 6.45) is 0. The molecule has 1 heterocycles. The Labute approximate surface area is 369 Å². The summed E-state index contributed by atoms with van der Waals surface area (Å²) in [5.74, 6) is 0. The SMILES string of the molecule is c1ccc(-c2ccc(N(c3ccc4c(c3)C3(c5ccccc5-4)c4ccccc4N(c4ccccc4)c4ccccc43)c3cc(-c4ccccc4)ccc3-c3ccccc3)cc2)cc1. The molecule has 0 fully saturated rings. The van der Waals surface area contributed by atoms with E-state index in [9.17, 15) is 0 Å². The fourth-order valence-electron chi connectivity index (χ4n) is 10.3. The van der Waals surface area contributed by atoms with Gasteiger partial charge in [0.2, 0.25) is 0 Å². The van der Waals surface area contributed by atoms with Gasteiger partial charge in [-0.15, -0.1) is 0 Å². The lowest BCUT2D eigenvalue weighted by Gasteiger charge is -2.45. The average molecular weight is 803 g/mol. The molecule has 0 aromatic heterocycles. The van der Waals surface area contributed by atoms with Crippen LogP contribution in [0, 0.1) is 0 Å². The fourth-order valence-corrected chi connectivity index (χ4v) is 10.3. The van der Waals surface area contributed by atoms with Gasteiger partial charge in [-0.25, -0.2) is 0 Å². The van der Waals surface area contributed by atoms with E-state index >= 15 is 0 Å². The Balaban J connectivity index is 1.14. The van der Waals surface area contributed by atoms with Crippen LogP contribution in [0.2, 0.25) is 0 Å². The maximum atomic E-state index is 2.50. The first kappa shape index (κ1) is 36.6. The van der Waals surface area contributed by atoms with Gasteiger partial charge >= 0.3 is 0 Å². The minimum atomic E-state index is -0.586. The predicted molar refractivity (Wildman–Crippen MR) is 263 cm³/mol. The second-order valence-electron chi connectivity index (χ2n) is 16.4. The highest BCUT2D eigenvalue weighted by atomic mass is 15.2. The summed E-state index contributed by atoms with van der Waals surface area (Å²) in [7, 11) is 0. The molecular formula is C61H42N2. The molecule has 1 spiro atoms. The second kappa shape index (κ2) is 15.1. The van der Waals surface area contributed by atoms with E-state index in [1.165, 1.54) is 67.0 Å². The Morgan fingerprint density at radius 2 is 0.730 bits per heavy atom. The van der Waals surface area contributed by atoms with Gasteiger partial charge in [-0.1, -0.05) is 200 Å². The molecule has 0 bridgehead atoms. The van der Waals surface area contributed by atoms with Crippen molar-refractivity contribution in [2.24, 2.45) is 0 Å². The molecule has 2 heteroatoms. The van der Waals surface area contributed by atoms with Crippen molar-refractivity contribution < 1.29 is 0 Å². The van der Waals surface area contributed by atoms with Crippen LogP contribution >= 0.6 is 0 Å². The van der Waals surface area contributed by atoms with Gasteiger partial charge in [0.25, 0.3) is 0 Å². The van der Waals surface area contributed by atoms with Crippen LogP contribution in [0.1, 0.15) is 22.3 Å². The number of benzene rings is 10. The van der Waals surface area contributed by atoms with Crippen molar-refractivity contribution in [1.82, 2.24) is 0 Å². The molecule has 1 aliphatic carbocycles. The maximum absolute atomic E-state index is 2.50. The van der Waals surface area contributed by atoms with Crippen LogP contribution in [0.3, 0.4) is 0 Å². The normalized spacial score (nSPS) is 12.9. The topological polar surface area (TPSA) is 6.48 Å². The monoisotopic (exact) mass is 802 g/mol. The molecule has 0 radical (unpaired) electrons. The van der Waals surface area contributed by atoms with E-state index in [0.29, 0.717) is 0 Å². The lowest BCUT2D eigenvalue weighted by molar-refractivity contribution is 0.752. The molecule has 0 atom stereocenters. The Hall–Kier alpha value is -8.20. The van der Waals surface area contributed by atoms with Crippen molar-refractivity contribution >= 4 is 34.1 Å². The van der Waals surface area contributed by atoms with E-state index in [0.717, 1.165) is 33.9 Å². The van der Waals surface area contributed by atoms with Gasteiger partial charge in [0, 0.05) is 22.6 Å². The first-order valence-corrected chi connectivity index (χ1v) is 21.8. The Morgan fingerprint density at radius 1 is 0.286 bits per heavy atom. The smallest absolute Gasteiger partial charge is 0.0755 e. The third-order valence-corrected chi connectivity index (χ3v) is 13.1. The number of fused-ring (bicyclic) bond motifs is 9. The molecule has 296 valence electrons. The van der Waals surface area contributed by atoms with E-state index in [4.69, 9.17) is 0 Å². The van der Waals surface area contributed by atoms with Gasteiger partial charge in [-0.05, 0) is 116 Å². The second-order valence-corrected chi connectivity index (χ2v) is 16.4. The first-order chi connectivity index (χ1) is 31.3. The molecule has 2 aliphatic rings. The summed E-state index contributed by atoms with van der Waals surface area (Å²) in [6, 6.07) is 93.4. The zero-order valence-corrected chi connectivity index (χ0v) is 34.6. The molecule has 10 aromatic carbocycles. The highest BCUT2D eigenvalue weighted by Gasteiger charge is 2.51. The molecule has 0 N–H and O–H groups in total. The summed E-state index contributed by atoms with van der Waals surface area (Å²) in [4.78, 5) is 4.93.